The van der Waals surface area contributed by atoms with Gasteiger partial charge in [0.05, 0.1) is 6.61 Å². The Hall–Kier alpha value is 0.500. The van der Waals surface area contributed by atoms with Crippen LogP contribution in [-0.4, -0.2) is 12.4 Å². The van der Waals surface area contributed by atoms with Crippen LogP contribution in [0.25, 0.3) is 0 Å². The molecule has 0 saturated heterocycles. The van der Waals surface area contributed by atoms with Crippen molar-refractivity contribution in [2.24, 2.45) is 5.50 Å². The van der Waals surface area contributed by atoms with Gasteiger partial charge in [-0.25, -0.2) is 0 Å². The van der Waals surface area contributed by atoms with Crippen LogP contribution >= 0.6 is 18.1 Å². The van der Waals surface area contributed by atoms with E-state index < -0.39 is 6.72 Å². The molecule has 0 aromatic carbocycles. The fourth-order valence-electron chi connectivity index (χ4n) is 0.938. The van der Waals surface area contributed by atoms with Crippen molar-refractivity contribution in [2.45, 2.75) is 39.5 Å². The highest BCUT2D eigenvalue weighted by Gasteiger charge is 2.15. The molecule has 13 heavy (non-hydrogen) atoms. The van der Waals surface area contributed by atoms with Crippen molar-refractivity contribution in [1.29, 1.82) is 0 Å². The minimum absolute atomic E-state index is 0.426. The number of rotatable bonds is 8. The second-order valence-electron chi connectivity index (χ2n) is 2.85. The molecule has 0 aromatic heterocycles. The molecule has 0 aliphatic heterocycles. The zero-order valence-electron chi connectivity index (χ0n) is 8.49. The molecule has 0 heterocycles. The third kappa shape index (κ3) is 8.82. The Morgan fingerprint density at radius 2 is 2.00 bits per heavy atom. The van der Waals surface area contributed by atoms with E-state index in [-0.39, 0.29) is 0 Å². The molecule has 0 aliphatic carbocycles. The SMILES string of the molecule is CCCCCCSP(N)(=O)OCC. The topological polar surface area (TPSA) is 52.3 Å². The average Bonchev–Trinajstić information content (AvgIpc) is 2.04. The highest BCUT2D eigenvalue weighted by molar-refractivity contribution is 8.55. The zero-order chi connectivity index (χ0) is 10.2. The molecule has 0 saturated carbocycles. The van der Waals surface area contributed by atoms with Gasteiger partial charge in [-0.05, 0) is 13.3 Å². The van der Waals surface area contributed by atoms with Gasteiger partial charge in [-0.1, -0.05) is 37.6 Å². The van der Waals surface area contributed by atoms with E-state index in [0.29, 0.717) is 6.61 Å². The zero-order valence-corrected chi connectivity index (χ0v) is 10.2. The molecule has 0 amide bonds. The normalized spacial score (nSPS) is 15.6. The first-order valence-corrected chi connectivity index (χ1v) is 8.08. The fourth-order valence-corrected chi connectivity index (χ4v) is 3.65. The fraction of sp³-hybridized carbons (Fsp3) is 1.00. The van der Waals surface area contributed by atoms with Crippen LogP contribution in [0.5, 0.6) is 0 Å². The lowest BCUT2D eigenvalue weighted by atomic mass is 10.2. The molecule has 5 heteroatoms. The van der Waals surface area contributed by atoms with Crippen LogP contribution in [-0.2, 0) is 9.09 Å². The standard InChI is InChI=1S/C8H20NO2PS/c1-3-5-6-7-8-13-12(9,10)11-4-2/h3-8H2,1-2H3,(H2,9,10). The summed E-state index contributed by atoms with van der Waals surface area (Å²) in [5.74, 6) is 0.841. The summed E-state index contributed by atoms with van der Waals surface area (Å²) in [6.45, 7) is 1.57. The van der Waals surface area contributed by atoms with E-state index in [9.17, 15) is 4.57 Å². The van der Waals surface area contributed by atoms with Crippen molar-refractivity contribution in [2.75, 3.05) is 12.4 Å². The highest BCUT2D eigenvalue weighted by atomic mass is 32.7. The minimum Gasteiger partial charge on any atom is -0.310 e. The molecule has 0 rings (SSSR count). The molecular formula is C8H20NO2PS. The Morgan fingerprint density at radius 1 is 1.31 bits per heavy atom. The predicted molar refractivity (Wildman–Crippen MR) is 60.0 cm³/mol. The van der Waals surface area contributed by atoms with Crippen LogP contribution in [0.2, 0.25) is 0 Å². The lowest BCUT2D eigenvalue weighted by Crippen LogP contribution is -1.96. The van der Waals surface area contributed by atoms with E-state index in [1.54, 1.807) is 6.92 Å². The van der Waals surface area contributed by atoms with Gasteiger partial charge in [0.1, 0.15) is 0 Å². The molecule has 0 radical (unpaired) electrons. The third-order valence-corrected chi connectivity index (χ3v) is 4.97. The molecule has 1 atom stereocenters. The number of unbranched alkanes of at least 4 members (excludes halogenated alkanes) is 3. The lowest BCUT2D eigenvalue weighted by molar-refractivity contribution is 0.346. The van der Waals surface area contributed by atoms with Crippen molar-refractivity contribution in [3.63, 3.8) is 0 Å². The largest absolute Gasteiger partial charge is 0.323 e. The predicted octanol–water partition coefficient (Wildman–Crippen LogP) is 3.40. The molecule has 2 N–H and O–H groups in total. The van der Waals surface area contributed by atoms with E-state index in [0.717, 1.165) is 12.2 Å². The second kappa shape index (κ2) is 7.86. The summed E-state index contributed by atoms with van der Waals surface area (Å²) < 4.78 is 16.3. The lowest BCUT2D eigenvalue weighted by Gasteiger charge is -2.10. The Labute approximate surface area is 85.1 Å². The first kappa shape index (κ1) is 13.5. The maximum atomic E-state index is 11.4. The van der Waals surface area contributed by atoms with Gasteiger partial charge in [0.15, 0.2) is 0 Å². The van der Waals surface area contributed by atoms with Crippen LogP contribution in [0, 0.1) is 0 Å². The van der Waals surface area contributed by atoms with Crippen LogP contribution < -0.4 is 5.50 Å². The van der Waals surface area contributed by atoms with Gasteiger partial charge in [0.2, 0.25) is 0 Å². The van der Waals surface area contributed by atoms with Gasteiger partial charge >= 0.3 is 6.72 Å². The Bertz CT molecular complexity index is 166. The molecule has 0 spiro atoms. The van der Waals surface area contributed by atoms with Crippen molar-refractivity contribution < 1.29 is 9.09 Å². The molecule has 0 fully saturated rings. The summed E-state index contributed by atoms with van der Waals surface area (Å²) in [5.41, 5.74) is 5.44. The molecule has 0 aromatic rings. The molecule has 1 unspecified atom stereocenters. The van der Waals surface area contributed by atoms with Crippen molar-refractivity contribution in [1.82, 2.24) is 0 Å². The summed E-state index contributed by atoms with van der Waals surface area (Å²) in [7, 11) is 0. The smallest absolute Gasteiger partial charge is 0.310 e. The number of hydrogen-bond donors (Lipinski definition) is 1. The van der Waals surface area contributed by atoms with Crippen molar-refractivity contribution >= 4 is 18.1 Å². The van der Waals surface area contributed by atoms with E-state index in [1.807, 2.05) is 0 Å². The van der Waals surface area contributed by atoms with Crippen LogP contribution in [0.15, 0.2) is 0 Å². The summed E-state index contributed by atoms with van der Waals surface area (Å²) in [5, 5.41) is 0. The first-order chi connectivity index (χ1) is 6.12. The summed E-state index contributed by atoms with van der Waals surface area (Å²) in [4.78, 5) is 0. The average molecular weight is 225 g/mol. The van der Waals surface area contributed by atoms with Crippen LogP contribution in [0.3, 0.4) is 0 Å². The molecule has 80 valence electrons. The quantitative estimate of drug-likeness (QED) is 0.508. The van der Waals surface area contributed by atoms with Gasteiger partial charge in [-0.3, -0.25) is 10.1 Å². The summed E-state index contributed by atoms with van der Waals surface area (Å²) >= 11 is 1.26. The van der Waals surface area contributed by atoms with Crippen LogP contribution in [0.4, 0.5) is 0 Å². The monoisotopic (exact) mass is 225 g/mol. The maximum Gasteiger partial charge on any atom is 0.323 e. The van der Waals surface area contributed by atoms with Gasteiger partial charge < -0.3 is 4.52 Å². The first-order valence-electron chi connectivity index (χ1n) is 4.80. The van der Waals surface area contributed by atoms with Gasteiger partial charge in [-0.2, -0.15) is 0 Å². The van der Waals surface area contributed by atoms with E-state index in [4.69, 9.17) is 10.0 Å². The number of hydrogen-bond acceptors (Lipinski definition) is 3. The Kier molecular flexibility index (Phi) is 8.17. The van der Waals surface area contributed by atoms with Crippen LogP contribution in [0.1, 0.15) is 39.5 Å². The third-order valence-electron chi connectivity index (χ3n) is 1.58. The minimum atomic E-state index is -2.82. The van der Waals surface area contributed by atoms with Crippen molar-refractivity contribution in [3.05, 3.63) is 0 Å². The summed E-state index contributed by atoms with van der Waals surface area (Å²) in [6.07, 6.45) is 4.73. The Balaban J connectivity index is 3.35. The van der Waals surface area contributed by atoms with Gasteiger partial charge in [0.25, 0.3) is 0 Å². The summed E-state index contributed by atoms with van der Waals surface area (Å²) in [6, 6.07) is 0. The highest BCUT2D eigenvalue weighted by Crippen LogP contribution is 2.52. The molecule has 0 bridgehead atoms. The van der Waals surface area contributed by atoms with Crippen molar-refractivity contribution in [3.8, 4) is 0 Å². The molecule has 0 aliphatic rings. The van der Waals surface area contributed by atoms with E-state index in [1.165, 1.54) is 30.6 Å². The number of nitrogens with two attached hydrogens (primary N) is 1. The van der Waals surface area contributed by atoms with Gasteiger partial charge in [-0.15, -0.1) is 0 Å². The van der Waals surface area contributed by atoms with E-state index in [2.05, 4.69) is 6.92 Å². The van der Waals surface area contributed by atoms with E-state index >= 15 is 0 Å². The molecule has 3 nitrogen and oxygen atoms in total. The maximum absolute atomic E-state index is 11.4. The molecular weight excluding hydrogens is 205 g/mol. The van der Waals surface area contributed by atoms with Gasteiger partial charge in [0, 0.05) is 5.75 Å². The Morgan fingerprint density at radius 3 is 2.54 bits per heavy atom. The second-order valence-corrected chi connectivity index (χ2v) is 7.16.